The van der Waals surface area contributed by atoms with E-state index in [1.807, 2.05) is 11.7 Å². The molecule has 0 amide bonds. The molecule has 2 N–H and O–H groups in total. The SMILES string of the molecule is CCNC(=NCCc1c(C)nn(C)c1C)NC1CCN(C(C)C)CC1. The van der Waals surface area contributed by atoms with Gasteiger partial charge in [-0.3, -0.25) is 9.67 Å². The van der Waals surface area contributed by atoms with Crippen molar-refractivity contribution in [3.63, 3.8) is 0 Å². The lowest BCUT2D eigenvalue weighted by Crippen LogP contribution is -2.49. The van der Waals surface area contributed by atoms with E-state index in [-0.39, 0.29) is 0 Å². The Hall–Kier alpha value is -1.56. The maximum atomic E-state index is 4.79. The molecule has 2 rings (SSSR count). The fraction of sp³-hybridized carbons (Fsp3) is 0.789. The van der Waals surface area contributed by atoms with E-state index in [0.717, 1.165) is 31.2 Å². The van der Waals surface area contributed by atoms with Gasteiger partial charge in [0.25, 0.3) is 0 Å². The molecule has 2 heterocycles. The van der Waals surface area contributed by atoms with Gasteiger partial charge in [0, 0.05) is 51.0 Å². The van der Waals surface area contributed by atoms with Gasteiger partial charge in [-0.05, 0) is 59.4 Å². The van der Waals surface area contributed by atoms with E-state index in [0.29, 0.717) is 12.1 Å². The molecule has 0 aliphatic carbocycles. The first kappa shape index (κ1) is 19.8. The summed E-state index contributed by atoms with van der Waals surface area (Å²) in [6.45, 7) is 14.9. The minimum atomic E-state index is 0.523. The summed E-state index contributed by atoms with van der Waals surface area (Å²) in [5.41, 5.74) is 3.69. The van der Waals surface area contributed by atoms with Gasteiger partial charge in [-0.25, -0.2) is 0 Å². The van der Waals surface area contributed by atoms with Crippen LogP contribution in [-0.4, -0.2) is 58.9 Å². The van der Waals surface area contributed by atoms with Crippen LogP contribution in [0.2, 0.25) is 0 Å². The third kappa shape index (κ3) is 5.46. The maximum absolute atomic E-state index is 4.79. The Bertz CT molecular complexity index is 567. The first-order chi connectivity index (χ1) is 11.9. The van der Waals surface area contributed by atoms with Crippen LogP contribution >= 0.6 is 0 Å². The van der Waals surface area contributed by atoms with Crippen molar-refractivity contribution >= 4 is 5.96 Å². The predicted octanol–water partition coefficient (Wildman–Crippen LogP) is 2.01. The lowest BCUT2D eigenvalue weighted by Gasteiger charge is -2.35. The summed E-state index contributed by atoms with van der Waals surface area (Å²) in [6, 6.07) is 1.17. The molecule has 0 unspecified atom stereocenters. The van der Waals surface area contributed by atoms with Crippen LogP contribution < -0.4 is 10.6 Å². The van der Waals surface area contributed by atoms with Gasteiger partial charge >= 0.3 is 0 Å². The van der Waals surface area contributed by atoms with Gasteiger partial charge in [0.15, 0.2) is 5.96 Å². The Morgan fingerprint density at radius 1 is 1.28 bits per heavy atom. The molecule has 1 fully saturated rings. The number of nitrogens with one attached hydrogen (secondary N) is 2. The average molecular weight is 349 g/mol. The van der Waals surface area contributed by atoms with E-state index in [1.165, 1.54) is 37.2 Å². The van der Waals surface area contributed by atoms with E-state index >= 15 is 0 Å². The van der Waals surface area contributed by atoms with Crippen molar-refractivity contribution in [1.82, 2.24) is 25.3 Å². The summed E-state index contributed by atoms with van der Waals surface area (Å²) in [5.74, 6) is 0.949. The first-order valence-electron chi connectivity index (χ1n) is 9.70. The predicted molar refractivity (Wildman–Crippen MR) is 105 cm³/mol. The summed E-state index contributed by atoms with van der Waals surface area (Å²) in [6.07, 6.45) is 3.31. The Balaban J connectivity index is 1.88. The van der Waals surface area contributed by atoms with Crippen molar-refractivity contribution in [2.75, 3.05) is 26.2 Å². The number of piperidine rings is 1. The summed E-state index contributed by atoms with van der Waals surface area (Å²) >= 11 is 0. The third-order valence-corrected chi connectivity index (χ3v) is 5.24. The van der Waals surface area contributed by atoms with E-state index in [1.54, 1.807) is 0 Å². The Labute approximate surface area is 153 Å². The Morgan fingerprint density at radius 3 is 2.48 bits per heavy atom. The molecule has 142 valence electrons. The molecular formula is C19H36N6. The smallest absolute Gasteiger partial charge is 0.191 e. The Morgan fingerprint density at radius 2 is 1.96 bits per heavy atom. The number of aliphatic imine (C=N–C) groups is 1. The second-order valence-corrected chi connectivity index (χ2v) is 7.33. The largest absolute Gasteiger partial charge is 0.357 e. The minimum absolute atomic E-state index is 0.523. The van der Waals surface area contributed by atoms with Gasteiger partial charge < -0.3 is 15.5 Å². The number of hydrogen-bond donors (Lipinski definition) is 2. The van der Waals surface area contributed by atoms with Gasteiger partial charge in [0.05, 0.1) is 5.69 Å². The monoisotopic (exact) mass is 348 g/mol. The molecule has 0 spiro atoms. The minimum Gasteiger partial charge on any atom is -0.357 e. The number of guanidine groups is 1. The molecule has 0 bridgehead atoms. The van der Waals surface area contributed by atoms with E-state index in [4.69, 9.17) is 4.99 Å². The zero-order chi connectivity index (χ0) is 18.4. The normalized spacial score (nSPS) is 17.3. The van der Waals surface area contributed by atoms with E-state index < -0.39 is 0 Å². The van der Waals surface area contributed by atoms with Crippen molar-refractivity contribution in [2.24, 2.45) is 12.0 Å². The van der Waals surface area contributed by atoms with Gasteiger partial charge in [-0.2, -0.15) is 5.10 Å². The highest BCUT2D eigenvalue weighted by Crippen LogP contribution is 2.14. The lowest BCUT2D eigenvalue weighted by atomic mass is 10.0. The summed E-state index contributed by atoms with van der Waals surface area (Å²) in [5, 5.41) is 11.5. The molecule has 1 aromatic heterocycles. The highest BCUT2D eigenvalue weighted by atomic mass is 15.3. The van der Waals surface area contributed by atoms with E-state index in [9.17, 15) is 0 Å². The molecular weight excluding hydrogens is 312 g/mol. The van der Waals surface area contributed by atoms with Crippen molar-refractivity contribution in [3.8, 4) is 0 Å². The van der Waals surface area contributed by atoms with Crippen LogP contribution in [0.3, 0.4) is 0 Å². The number of aryl methyl sites for hydroxylation is 2. The maximum Gasteiger partial charge on any atom is 0.191 e. The van der Waals surface area contributed by atoms with Crippen LogP contribution in [0.4, 0.5) is 0 Å². The standard InChI is InChI=1S/C19H36N6/c1-7-20-19(22-17-9-12-25(13-10-17)14(2)3)21-11-8-18-15(4)23-24(6)16(18)5/h14,17H,7-13H2,1-6H3,(H2,20,21,22). The highest BCUT2D eigenvalue weighted by molar-refractivity contribution is 5.80. The summed E-state index contributed by atoms with van der Waals surface area (Å²) in [4.78, 5) is 7.34. The molecule has 0 radical (unpaired) electrons. The van der Waals surface area contributed by atoms with Crippen molar-refractivity contribution in [1.29, 1.82) is 0 Å². The third-order valence-electron chi connectivity index (χ3n) is 5.24. The van der Waals surface area contributed by atoms with Crippen molar-refractivity contribution in [2.45, 2.75) is 66.0 Å². The van der Waals surface area contributed by atoms with Gasteiger partial charge in [-0.15, -0.1) is 0 Å². The molecule has 0 atom stereocenters. The fourth-order valence-electron chi connectivity index (χ4n) is 3.53. The van der Waals surface area contributed by atoms with Gasteiger partial charge in [-0.1, -0.05) is 0 Å². The van der Waals surface area contributed by atoms with Crippen LogP contribution in [0.5, 0.6) is 0 Å². The van der Waals surface area contributed by atoms with Crippen LogP contribution in [0, 0.1) is 13.8 Å². The molecule has 0 saturated carbocycles. The van der Waals surface area contributed by atoms with Gasteiger partial charge in [0.1, 0.15) is 0 Å². The number of aromatic nitrogens is 2. The number of nitrogens with zero attached hydrogens (tertiary/aromatic N) is 4. The molecule has 6 nitrogen and oxygen atoms in total. The molecule has 1 saturated heterocycles. The summed E-state index contributed by atoms with van der Waals surface area (Å²) in [7, 11) is 2.00. The zero-order valence-corrected chi connectivity index (χ0v) is 16.9. The first-order valence-corrected chi connectivity index (χ1v) is 9.70. The number of hydrogen-bond acceptors (Lipinski definition) is 3. The van der Waals surface area contributed by atoms with Crippen molar-refractivity contribution in [3.05, 3.63) is 17.0 Å². The van der Waals surface area contributed by atoms with E-state index in [2.05, 4.69) is 55.3 Å². The molecule has 25 heavy (non-hydrogen) atoms. The van der Waals surface area contributed by atoms with Crippen LogP contribution in [0.25, 0.3) is 0 Å². The number of likely N-dealkylation sites (tertiary alicyclic amines) is 1. The Kier molecular flexibility index (Phi) is 7.29. The second kappa shape index (κ2) is 9.22. The quantitative estimate of drug-likeness (QED) is 0.610. The lowest BCUT2D eigenvalue weighted by molar-refractivity contribution is 0.167. The van der Waals surface area contributed by atoms with Crippen molar-refractivity contribution < 1.29 is 0 Å². The molecule has 1 aromatic rings. The fourth-order valence-corrected chi connectivity index (χ4v) is 3.53. The molecule has 1 aliphatic heterocycles. The average Bonchev–Trinajstić information content (AvgIpc) is 2.81. The highest BCUT2D eigenvalue weighted by Gasteiger charge is 2.21. The van der Waals surface area contributed by atoms with Crippen LogP contribution in [-0.2, 0) is 13.5 Å². The zero-order valence-electron chi connectivity index (χ0n) is 16.9. The number of rotatable bonds is 6. The molecule has 0 aromatic carbocycles. The summed E-state index contributed by atoms with van der Waals surface area (Å²) < 4.78 is 1.96. The van der Waals surface area contributed by atoms with Crippen LogP contribution in [0.15, 0.2) is 4.99 Å². The second-order valence-electron chi connectivity index (χ2n) is 7.33. The van der Waals surface area contributed by atoms with Gasteiger partial charge in [0.2, 0.25) is 0 Å². The molecule has 6 heteroatoms. The molecule has 1 aliphatic rings. The topological polar surface area (TPSA) is 57.5 Å². The van der Waals surface area contributed by atoms with Crippen LogP contribution in [0.1, 0.15) is 50.6 Å².